The molecule has 2 aromatic carbocycles. The Kier molecular flexibility index (Phi) is 4.81. The van der Waals surface area contributed by atoms with E-state index in [1.165, 1.54) is 27.4 Å². The Morgan fingerprint density at radius 2 is 1.83 bits per heavy atom. The first-order valence-corrected chi connectivity index (χ1v) is 8.43. The summed E-state index contributed by atoms with van der Waals surface area (Å²) in [5.74, 6) is 0. The zero-order valence-corrected chi connectivity index (χ0v) is 14.4. The second-order valence-corrected chi connectivity index (χ2v) is 5.77. The molecule has 0 N–H and O–H groups in total. The summed E-state index contributed by atoms with van der Waals surface area (Å²) in [6, 6.07) is 15.3. The van der Waals surface area contributed by atoms with Crippen molar-refractivity contribution in [1.29, 1.82) is 0 Å². The molecule has 3 rings (SSSR count). The predicted molar refractivity (Wildman–Crippen MR) is 107 cm³/mol. The van der Waals surface area contributed by atoms with Crippen molar-refractivity contribution in [2.75, 3.05) is 0 Å². The number of rotatable bonds is 5. The van der Waals surface area contributed by atoms with E-state index in [1.54, 1.807) is 0 Å². The van der Waals surface area contributed by atoms with Crippen LogP contribution in [0.3, 0.4) is 0 Å². The van der Waals surface area contributed by atoms with E-state index in [0.717, 1.165) is 12.1 Å². The summed E-state index contributed by atoms with van der Waals surface area (Å²) >= 11 is 0. The number of hydrogen-bond donors (Lipinski definition) is 0. The molecule has 1 heteroatoms. The van der Waals surface area contributed by atoms with Gasteiger partial charge in [0.2, 0.25) is 0 Å². The molecule has 120 valence electrons. The Morgan fingerprint density at radius 3 is 2.58 bits per heavy atom. The third-order valence-corrected chi connectivity index (χ3v) is 4.25. The molecule has 24 heavy (non-hydrogen) atoms. The summed E-state index contributed by atoms with van der Waals surface area (Å²) in [7, 11) is 0. The van der Waals surface area contributed by atoms with Crippen LogP contribution in [0.2, 0.25) is 0 Å². The Labute approximate surface area is 143 Å². The molecule has 0 amide bonds. The van der Waals surface area contributed by atoms with E-state index in [-0.39, 0.29) is 0 Å². The minimum atomic E-state index is 0.979. The monoisotopic (exact) mass is 313 g/mol. The van der Waals surface area contributed by atoms with Crippen molar-refractivity contribution < 1.29 is 0 Å². The van der Waals surface area contributed by atoms with Crippen molar-refractivity contribution in [3.63, 3.8) is 0 Å². The first-order chi connectivity index (χ1) is 11.8. The van der Waals surface area contributed by atoms with Gasteiger partial charge in [-0.05, 0) is 43.2 Å². The fourth-order valence-electron chi connectivity index (χ4n) is 3.20. The molecule has 0 aliphatic carbocycles. The molecule has 0 spiro atoms. The van der Waals surface area contributed by atoms with E-state index in [0.29, 0.717) is 0 Å². The number of allylic oxidation sites excluding steroid dienone is 6. The Balaban J connectivity index is 2.10. The molecule has 0 unspecified atom stereocenters. The molecule has 3 aromatic rings. The molecule has 0 radical (unpaired) electrons. The first kappa shape index (κ1) is 16.1. The largest absolute Gasteiger partial charge is 0.341 e. The number of para-hydroxylation sites is 1. The average molecular weight is 313 g/mol. The number of nitrogens with zero attached hydrogens (tertiary/aromatic N) is 1. The molecule has 0 atom stereocenters. The van der Waals surface area contributed by atoms with Gasteiger partial charge in [-0.15, -0.1) is 0 Å². The van der Waals surface area contributed by atoms with E-state index in [2.05, 4.69) is 78.8 Å². The second kappa shape index (κ2) is 7.18. The number of aromatic nitrogens is 1. The predicted octanol–water partition coefficient (Wildman–Crippen LogP) is 6.52. The molecule has 0 saturated carbocycles. The molecule has 0 aliphatic heterocycles. The Morgan fingerprint density at radius 1 is 1.04 bits per heavy atom. The van der Waals surface area contributed by atoms with Crippen molar-refractivity contribution in [1.82, 2.24) is 4.57 Å². The summed E-state index contributed by atoms with van der Waals surface area (Å²) in [6.07, 6.45) is 12.2. The van der Waals surface area contributed by atoms with Gasteiger partial charge in [0.15, 0.2) is 0 Å². The highest BCUT2D eigenvalue weighted by molar-refractivity contribution is 6.08. The summed E-state index contributed by atoms with van der Waals surface area (Å²) < 4.78 is 2.38. The van der Waals surface area contributed by atoms with Gasteiger partial charge in [0.1, 0.15) is 0 Å². The van der Waals surface area contributed by atoms with Gasteiger partial charge >= 0.3 is 0 Å². The summed E-state index contributed by atoms with van der Waals surface area (Å²) in [5.41, 5.74) is 4.95. The molecule has 0 aliphatic rings. The van der Waals surface area contributed by atoms with Crippen molar-refractivity contribution in [2.24, 2.45) is 0 Å². The van der Waals surface area contributed by atoms with Crippen LogP contribution in [-0.2, 0) is 6.54 Å². The minimum absolute atomic E-state index is 0.979. The third kappa shape index (κ3) is 2.98. The first-order valence-electron chi connectivity index (χ1n) is 8.43. The lowest BCUT2D eigenvalue weighted by Gasteiger charge is -2.02. The lowest BCUT2D eigenvalue weighted by molar-refractivity contribution is 0.827. The minimum Gasteiger partial charge on any atom is -0.341 e. The Bertz CT molecular complexity index is 964. The van der Waals surface area contributed by atoms with Crippen molar-refractivity contribution in [3.05, 3.63) is 90.6 Å². The number of benzene rings is 2. The average Bonchev–Trinajstić information content (AvgIpc) is 2.93. The van der Waals surface area contributed by atoms with Crippen molar-refractivity contribution in [3.8, 4) is 0 Å². The van der Waals surface area contributed by atoms with Gasteiger partial charge in [-0.25, -0.2) is 0 Å². The van der Waals surface area contributed by atoms with Gasteiger partial charge < -0.3 is 4.57 Å². The van der Waals surface area contributed by atoms with Crippen LogP contribution < -0.4 is 0 Å². The number of fused-ring (bicyclic) bond motifs is 3. The zero-order valence-electron chi connectivity index (χ0n) is 14.4. The van der Waals surface area contributed by atoms with Gasteiger partial charge in [0.05, 0.1) is 0 Å². The topological polar surface area (TPSA) is 4.93 Å². The van der Waals surface area contributed by atoms with Crippen LogP contribution in [0.4, 0.5) is 0 Å². The van der Waals surface area contributed by atoms with Crippen LogP contribution in [0.1, 0.15) is 19.4 Å². The molecule has 1 heterocycles. The SMILES string of the molecule is C=C/C=C(\C=C/C)/C=C/c1ccc2c(c1)c1ccccc1n2CC. The fraction of sp³-hybridized carbons (Fsp3) is 0.130. The van der Waals surface area contributed by atoms with Crippen LogP contribution in [0.25, 0.3) is 27.9 Å². The highest BCUT2D eigenvalue weighted by Gasteiger charge is 2.08. The van der Waals surface area contributed by atoms with Gasteiger partial charge in [0.25, 0.3) is 0 Å². The van der Waals surface area contributed by atoms with Crippen molar-refractivity contribution in [2.45, 2.75) is 20.4 Å². The van der Waals surface area contributed by atoms with Crippen LogP contribution in [-0.4, -0.2) is 4.57 Å². The highest BCUT2D eigenvalue weighted by atomic mass is 15.0. The zero-order chi connectivity index (χ0) is 16.9. The maximum absolute atomic E-state index is 3.78. The molecular weight excluding hydrogens is 290 g/mol. The smallest absolute Gasteiger partial charge is 0.0491 e. The van der Waals surface area contributed by atoms with Crippen LogP contribution in [0, 0.1) is 0 Å². The van der Waals surface area contributed by atoms with Gasteiger partial charge in [-0.1, -0.05) is 67.3 Å². The quantitative estimate of drug-likeness (QED) is 0.473. The molecule has 0 bridgehead atoms. The lowest BCUT2D eigenvalue weighted by Crippen LogP contribution is -1.92. The van der Waals surface area contributed by atoms with Crippen LogP contribution in [0.5, 0.6) is 0 Å². The maximum atomic E-state index is 3.78. The normalized spacial score (nSPS) is 12.8. The van der Waals surface area contributed by atoms with Gasteiger partial charge in [0, 0.05) is 28.4 Å². The molecular formula is C23H23N. The maximum Gasteiger partial charge on any atom is 0.0491 e. The molecule has 0 saturated heterocycles. The molecule has 1 aromatic heterocycles. The van der Waals surface area contributed by atoms with Crippen LogP contribution in [0.15, 0.2) is 85.0 Å². The van der Waals surface area contributed by atoms with Crippen LogP contribution >= 0.6 is 0 Å². The standard InChI is InChI=1S/C23H23N/c1-4-9-18(10-5-2)13-14-19-15-16-23-21(17-19)20-11-7-8-12-22(20)24(23)6-3/h4-5,7-17H,1,6H2,2-3H3/b10-5-,14-13+,18-9+. The van der Waals surface area contributed by atoms with E-state index < -0.39 is 0 Å². The summed E-state index contributed by atoms with van der Waals surface area (Å²) in [6.45, 7) is 8.98. The van der Waals surface area contributed by atoms with Gasteiger partial charge in [-0.3, -0.25) is 0 Å². The fourth-order valence-corrected chi connectivity index (χ4v) is 3.20. The summed E-state index contributed by atoms with van der Waals surface area (Å²) in [5, 5.41) is 2.63. The molecule has 1 nitrogen and oxygen atoms in total. The second-order valence-electron chi connectivity index (χ2n) is 5.77. The number of aryl methyl sites for hydroxylation is 1. The highest BCUT2D eigenvalue weighted by Crippen LogP contribution is 2.30. The van der Waals surface area contributed by atoms with E-state index in [9.17, 15) is 0 Å². The van der Waals surface area contributed by atoms with E-state index >= 15 is 0 Å². The Hall–Kier alpha value is -2.80. The van der Waals surface area contributed by atoms with Gasteiger partial charge in [-0.2, -0.15) is 0 Å². The van der Waals surface area contributed by atoms with Crippen molar-refractivity contribution >= 4 is 27.9 Å². The summed E-state index contributed by atoms with van der Waals surface area (Å²) in [4.78, 5) is 0. The lowest BCUT2D eigenvalue weighted by atomic mass is 10.1. The molecule has 0 fully saturated rings. The number of hydrogen-bond acceptors (Lipinski definition) is 0. The van der Waals surface area contributed by atoms with E-state index in [4.69, 9.17) is 0 Å². The van der Waals surface area contributed by atoms with E-state index in [1.807, 2.05) is 25.2 Å². The third-order valence-electron chi connectivity index (χ3n) is 4.25.